The number of allylic oxidation sites excluding steroid dienone is 5. The Morgan fingerprint density at radius 1 is 1.29 bits per heavy atom. The largest absolute Gasteiger partial charge is 0.466 e. The maximum absolute atomic E-state index is 12.4. The summed E-state index contributed by atoms with van der Waals surface area (Å²) in [6.45, 7) is 2.19. The first-order valence-corrected chi connectivity index (χ1v) is 10.1. The molecule has 0 aliphatic heterocycles. The summed E-state index contributed by atoms with van der Waals surface area (Å²) in [4.78, 5) is 21.5. The number of carbonyl (C=O) groups is 1. The monoisotopic (exact) mass is 396 g/mol. The van der Waals surface area contributed by atoms with Gasteiger partial charge in [-0.05, 0) is 68.4 Å². The normalized spacial score (nSPS) is 23.0. The van der Waals surface area contributed by atoms with E-state index in [1.807, 2.05) is 37.3 Å². The van der Waals surface area contributed by atoms with E-state index < -0.39 is 0 Å². The fourth-order valence-corrected chi connectivity index (χ4v) is 3.52. The Morgan fingerprint density at radius 3 is 2.82 bits per heavy atom. The molecule has 2 aliphatic carbocycles. The number of para-hydroxylation sites is 1. The number of esters is 1. The molecule has 1 atom stereocenters. The predicted molar refractivity (Wildman–Crippen MR) is 115 cm³/mol. The van der Waals surface area contributed by atoms with Crippen LogP contribution in [-0.4, -0.2) is 24.5 Å². The van der Waals surface area contributed by atoms with E-state index in [1.165, 1.54) is 0 Å². The van der Waals surface area contributed by atoms with Gasteiger partial charge in [0.25, 0.3) is 0 Å². The summed E-state index contributed by atoms with van der Waals surface area (Å²) in [5.74, 6) is -0.471. The maximum Gasteiger partial charge on any atom is 0.309 e. The minimum atomic E-state index is -0.270. The first-order valence-electron chi connectivity index (χ1n) is 9.74. The van der Waals surface area contributed by atoms with E-state index in [0.29, 0.717) is 24.5 Å². The number of hydrogen-bond acceptors (Lipinski definition) is 4. The van der Waals surface area contributed by atoms with E-state index in [4.69, 9.17) is 16.3 Å². The minimum absolute atomic E-state index is 0.201. The second kappa shape index (κ2) is 10.2. The van der Waals surface area contributed by atoms with Crippen molar-refractivity contribution in [3.8, 4) is 0 Å². The molecule has 0 spiro atoms. The topological polar surface area (TPSA) is 51.0 Å². The summed E-state index contributed by atoms with van der Waals surface area (Å²) >= 11 is 6.66. The number of nitrogens with zero attached hydrogens (tertiary/aromatic N) is 2. The first-order chi connectivity index (χ1) is 13.7. The van der Waals surface area contributed by atoms with Crippen molar-refractivity contribution in [1.29, 1.82) is 0 Å². The molecule has 0 saturated carbocycles. The molecule has 2 aliphatic rings. The number of carbonyl (C=O) groups excluding carboxylic acids is 1. The lowest BCUT2D eigenvalue weighted by atomic mass is 9.86. The Balaban J connectivity index is 1.89. The fraction of sp³-hybridized carbons (Fsp3) is 0.348. The molecule has 0 N–H and O–H groups in total. The summed E-state index contributed by atoms with van der Waals surface area (Å²) in [7, 11) is 0. The van der Waals surface area contributed by atoms with Crippen molar-refractivity contribution in [2.45, 2.75) is 39.0 Å². The van der Waals surface area contributed by atoms with Crippen molar-refractivity contribution in [2.75, 3.05) is 6.61 Å². The number of hydrogen-bond donors (Lipinski definition) is 0. The Hall–Kier alpha value is -2.46. The third-order valence-corrected chi connectivity index (χ3v) is 5.23. The van der Waals surface area contributed by atoms with E-state index in [1.54, 1.807) is 12.4 Å². The zero-order valence-corrected chi connectivity index (χ0v) is 16.9. The highest BCUT2D eigenvalue weighted by Crippen LogP contribution is 2.36. The quantitative estimate of drug-likeness (QED) is 0.458. The highest BCUT2D eigenvalue weighted by atomic mass is 35.5. The number of halogens is 1. The molecule has 0 bridgehead atoms. The van der Waals surface area contributed by atoms with Gasteiger partial charge in [-0.1, -0.05) is 35.9 Å². The van der Waals surface area contributed by atoms with Gasteiger partial charge in [0.15, 0.2) is 0 Å². The molecule has 5 heteroatoms. The van der Waals surface area contributed by atoms with Crippen LogP contribution in [0.1, 0.15) is 39.0 Å². The van der Waals surface area contributed by atoms with Crippen molar-refractivity contribution < 1.29 is 9.53 Å². The van der Waals surface area contributed by atoms with Crippen LogP contribution in [0.25, 0.3) is 0 Å². The average Bonchev–Trinajstić information content (AvgIpc) is 2.73. The van der Waals surface area contributed by atoms with Crippen LogP contribution in [-0.2, 0) is 9.53 Å². The summed E-state index contributed by atoms with van der Waals surface area (Å²) < 4.78 is 5.25. The van der Waals surface area contributed by atoms with Crippen LogP contribution >= 0.6 is 11.6 Å². The van der Waals surface area contributed by atoms with Crippen molar-refractivity contribution in [3.05, 3.63) is 64.9 Å². The van der Waals surface area contributed by atoms with E-state index in [0.717, 1.165) is 41.8 Å². The van der Waals surface area contributed by atoms with Gasteiger partial charge >= 0.3 is 5.97 Å². The smallest absolute Gasteiger partial charge is 0.309 e. The van der Waals surface area contributed by atoms with Crippen LogP contribution < -0.4 is 0 Å². The van der Waals surface area contributed by atoms with Gasteiger partial charge in [0, 0.05) is 18.1 Å². The highest BCUT2D eigenvalue weighted by molar-refractivity contribution is 6.34. The number of rotatable bonds is 5. The van der Waals surface area contributed by atoms with E-state index >= 15 is 0 Å². The van der Waals surface area contributed by atoms with Gasteiger partial charge in [0.2, 0.25) is 0 Å². The third-order valence-electron chi connectivity index (χ3n) is 4.74. The number of benzene rings is 1. The van der Waals surface area contributed by atoms with Crippen molar-refractivity contribution in [2.24, 2.45) is 15.9 Å². The van der Waals surface area contributed by atoms with Gasteiger partial charge in [0.05, 0.1) is 23.2 Å². The maximum atomic E-state index is 12.4. The summed E-state index contributed by atoms with van der Waals surface area (Å²) in [6.07, 6.45) is 12.0. The Kier molecular flexibility index (Phi) is 7.38. The van der Waals surface area contributed by atoms with Gasteiger partial charge in [-0.2, -0.15) is 0 Å². The van der Waals surface area contributed by atoms with E-state index in [2.05, 4.69) is 22.1 Å². The second-order valence-electron chi connectivity index (χ2n) is 6.86. The van der Waals surface area contributed by atoms with Crippen LogP contribution in [0.4, 0.5) is 5.69 Å². The molecule has 146 valence electrons. The SMILES string of the molecule is CCOC(=O)C1CC(C=Nc2ccccc2)=C(Cl)/C(=C/N=C2C=CCCC2)C1. The van der Waals surface area contributed by atoms with Gasteiger partial charge in [0.1, 0.15) is 0 Å². The zero-order valence-electron chi connectivity index (χ0n) is 16.1. The molecule has 0 aromatic heterocycles. The molecule has 0 fully saturated rings. The fourth-order valence-electron chi connectivity index (χ4n) is 3.27. The first kappa shape index (κ1) is 20.3. The molecular formula is C23H25ClN2O2. The van der Waals surface area contributed by atoms with Gasteiger partial charge < -0.3 is 4.74 Å². The summed E-state index contributed by atoms with van der Waals surface area (Å²) in [5.41, 5.74) is 3.57. The molecular weight excluding hydrogens is 372 g/mol. The lowest BCUT2D eigenvalue weighted by molar-refractivity contribution is -0.147. The molecule has 4 nitrogen and oxygen atoms in total. The van der Waals surface area contributed by atoms with Gasteiger partial charge in [-0.3, -0.25) is 14.8 Å². The molecule has 3 rings (SSSR count). The van der Waals surface area contributed by atoms with Crippen LogP contribution in [0.15, 0.2) is 74.8 Å². The zero-order chi connectivity index (χ0) is 19.8. The third kappa shape index (κ3) is 5.52. The number of ether oxygens (including phenoxy) is 1. The molecule has 1 aromatic rings. The molecule has 0 radical (unpaired) electrons. The van der Waals surface area contributed by atoms with Crippen LogP contribution in [0.5, 0.6) is 0 Å². The second-order valence-corrected chi connectivity index (χ2v) is 7.24. The molecule has 0 heterocycles. The Labute approximate surface area is 171 Å². The predicted octanol–water partition coefficient (Wildman–Crippen LogP) is 5.92. The lowest BCUT2D eigenvalue weighted by Crippen LogP contribution is -2.23. The Bertz CT molecular complexity index is 851. The van der Waals surface area contributed by atoms with Gasteiger partial charge in [-0.25, -0.2) is 0 Å². The standard InChI is InChI=1S/C23H25ClN2O2/c1-2-28-23(27)17-13-18(15-25-20-9-5-3-6-10-20)22(24)19(14-17)16-26-21-11-7-4-8-12-21/h3,5-7,9-11,15-17H,2,4,8,12-14H2,1H3/b19-16+,25-15?,26-21?. The van der Waals surface area contributed by atoms with Crippen LogP contribution in [0.2, 0.25) is 0 Å². The molecule has 1 unspecified atom stereocenters. The minimum Gasteiger partial charge on any atom is -0.466 e. The lowest BCUT2D eigenvalue weighted by Gasteiger charge is -2.23. The average molecular weight is 397 g/mol. The van der Waals surface area contributed by atoms with E-state index in [9.17, 15) is 4.79 Å². The van der Waals surface area contributed by atoms with Crippen LogP contribution in [0.3, 0.4) is 0 Å². The summed E-state index contributed by atoms with van der Waals surface area (Å²) in [6, 6.07) is 9.67. The van der Waals surface area contributed by atoms with Crippen molar-refractivity contribution in [1.82, 2.24) is 0 Å². The molecule has 0 amide bonds. The van der Waals surface area contributed by atoms with Gasteiger partial charge in [-0.15, -0.1) is 0 Å². The van der Waals surface area contributed by atoms with Crippen molar-refractivity contribution >= 4 is 35.2 Å². The van der Waals surface area contributed by atoms with Crippen molar-refractivity contribution in [3.63, 3.8) is 0 Å². The highest BCUT2D eigenvalue weighted by Gasteiger charge is 2.29. The Morgan fingerprint density at radius 2 is 2.11 bits per heavy atom. The molecule has 0 saturated heterocycles. The van der Waals surface area contributed by atoms with E-state index in [-0.39, 0.29) is 11.9 Å². The molecule has 1 aromatic carbocycles. The summed E-state index contributed by atoms with van der Waals surface area (Å²) in [5, 5.41) is 0.629. The number of aliphatic imine (C=N–C) groups is 2. The molecule has 28 heavy (non-hydrogen) atoms. The van der Waals surface area contributed by atoms with Crippen LogP contribution in [0, 0.1) is 5.92 Å².